The van der Waals surface area contributed by atoms with Crippen LogP contribution >= 0.6 is 0 Å². The zero-order valence-corrected chi connectivity index (χ0v) is 12.3. The van der Waals surface area contributed by atoms with Crippen molar-refractivity contribution < 1.29 is 9.47 Å². The fraction of sp³-hybridized carbons (Fsp3) is 0.333. The topological polar surface area (TPSA) is 30.5 Å². The number of benzene rings is 2. The number of hydrogen-bond acceptors (Lipinski definition) is 3. The van der Waals surface area contributed by atoms with Crippen molar-refractivity contribution in [2.75, 3.05) is 20.3 Å². The summed E-state index contributed by atoms with van der Waals surface area (Å²) in [5, 5.41) is 3.35. The van der Waals surface area contributed by atoms with Crippen molar-refractivity contribution in [1.82, 2.24) is 5.32 Å². The largest absolute Gasteiger partial charge is 0.490 e. The van der Waals surface area contributed by atoms with Gasteiger partial charge in [0.05, 0.1) is 0 Å². The summed E-state index contributed by atoms with van der Waals surface area (Å²) in [6, 6.07) is 16.7. The molecular weight excluding hydrogens is 262 g/mol. The molecule has 3 nitrogen and oxygen atoms in total. The van der Waals surface area contributed by atoms with Gasteiger partial charge in [-0.15, -0.1) is 0 Å². The zero-order chi connectivity index (χ0) is 14.5. The number of hydrogen-bond donors (Lipinski definition) is 1. The van der Waals surface area contributed by atoms with Crippen LogP contribution in [0.5, 0.6) is 11.5 Å². The van der Waals surface area contributed by atoms with Crippen LogP contribution < -0.4 is 14.8 Å². The summed E-state index contributed by atoms with van der Waals surface area (Å²) < 4.78 is 11.4. The van der Waals surface area contributed by atoms with Gasteiger partial charge in [0, 0.05) is 6.04 Å². The molecule has 0 heterocycles. The average molecular weight is 283 g/mol. The molecule has 3 heteroatoms. The number of para-hydroxylation sites is 1. The normalized spacial score (nSPS) is 16.5. The van der Waals surface area contributed by atoms with Gasteiger partial charge >= 0.3 is 0 Å². The van der Waals surface area contributed by atoms with Gasteiger partial charge in [-0.1, -0.05) is 24.3 Å². The Kier molecular flexibility index (Phi) is 4.41. The van der Waals surface area contributed by atoms with Crippen molar-refractivity contribution in [2.24, 2.45) is 0 Å². The monoisotopic (exact) mass is 283 g/mol. The van der Waals surface area contributed by atoms with Crippen LogP contribution in [-0.2, 0) is 6.42 Å². The SMILES string of the molecule is CNC1CCc2cc(OCCOc3ccccc3)ccc21. The summed E-state index contributed by atoms with van der Waals surface area (Å²) >= 11 is 0. The van der Waals surface area contributed by atoms with Gasteiger partial charge in [0.25, 0.3) is 0 Å². The van der Waals surface area contributed by atoms with Gasteiger partial charge in [-0.3, -0.25) is 0 Å². The summed E-state index contributed by atoms with van der Waals surface area (Å²) in [6.07, 6.45) is 2.30. The molecule has 3 rings (SSSR count). The maximum atomic E-state index is 5.78. The highest BCUT2D eigenvalue weighted by Gasteiger charge is 2.20. The summed E-state index contributed by atoms with van der Waals surface area (Å²) in [5.74, 6) is 1.81. The second-order valence-corrected chi connectivity index (χ2v) is 5.25. The fourth-order valence-corrected chi connectivity index (χ4v) is 2.82. The highest BCUT2D eigenvalue weighted by molar-refractivity contribution is 5.40. The minimum Gasteiger partial charge on any atom is -0.490 e. The lowest BCUT2D eigenvalue weighted by atomic mass is 10.1. The molecule has 0 saturated carbocycles. The first-order valence-corrected chi connectivity index (χ1v) is 7.47. The Bertz CT molecular complexity index is 583. The Balaban J connectivity index is 1.50. The van der Waals surface area contributed by atoms with Gasteiger partial charge in [-0.2, -0.15) is 0 Å². The van der Waals surface area contributed by atoms with Crippen LogP contribution in [0.15, 0.2) is 48.5 Å². The van der Waals surface area contributed by atoms with E-state index in [0.29, 0.717) is 19.3 Å². The molecule has 1 unspecified atom stereocenters. The van der Waals surface area contributed by atoms with Gasteiger partial charge < -0.3 is 14.8 Å². The van der Waals surface area contributed by atoms with Crippen molar-refractivity contribution in [2.45, 2.75) is 18.9 Å². The second kappa shape index (κ2) is 6.64. The third kappa shape index (κ3) is 3.37. The van der Waals surface area contributed by atoms with Crippen molar-refractivity contribution in [3.63, 3.8) is 0 Å². The smallest absolute Gasteiger partial charge is 0.122 e. The maximum Gasteiger partial charge on any atom is 0.122 e. The molecule has 1 N–H and O–H groups in total. The van der Waals surface area contributed by atoms with Crippen LogP contribution in [0.4, 0.5) is 0 Å². The summed E-state index contributed by atoms with van der Waals surface area (Å²) in [4.78, 5) is 0. The molecule has 1 atom stereocenters. The van der Waals surface area contributed by atoms with Crippen molar-refractivity contribution >= 4 is 0 Å². The van der Waals surface area contributed by atoms with Crippen molar-refractivity contribution in [3.05, 3.63) is 59.7 Å². The first-order chi connectivity index (χ1) is 10.4. The second-order valence-electron chi connectivity index (χ2n) is 5.25. The summed E-state index contributed by atoms with van der Waals surface area (Å²) in [7, 11) is 2.02. The van der Waals surface area contributed by atoms with E-state index in [4.69, 9.17) is 9.47 Å². The predicted octanol–water partition coefficient (Wildman–Crippen LogP) is 3.35. The van der Waals surface area contributed by atoms with E-state index < -0.39 is 0 Å². The molecule has 1 aliphatic carbocycles. The van der Waals surface area contributed by atoms with E-state index in [9.17, 15) is 0 Å². The molecule has 2 aromatic carbocycles. The van der Waals surface area contributed by atoms with E-state index in [1.54, 1.807) is 0 Å². The van der Waals surface area contributed by atoms with Gasteiger partial charge in [0.1, 0.15) is 24.7 Å². The van der Waals surface area contributed by atoms with E-state index in [1.165, 1.54) is 17.5 Å². The number of rotatable bonds is 6. The quantitative estimate of drug-likeness (QED) is 0.825. The number of aryl methyl sites for hydroxylation is 1. The van der Waals surface area contributed by atoms with Crippen LogP contribution in [0, 0.1) is 0 Å². The van der Waals surface area contributed by atoms with Crippen molar-refractivity contribution in [3.8, 4) is 11.5 Å². The zero-order valence-electron chi connectivity index (χ0n) is 12.3. The van der Waals surface area contributed by atoms with Crippen LogP contribution in [-0.4, -0.2) is 20.3 Å². The standard InChI is InChI=1S/C18H21NO2/c1-19-18-10-7-14-13-16(8-9-17(14)18)21-12-11-20-15-5-3-2-4-6-15/h2-6,8-9,13,18-19H,7,10-12H2,1H3. The molecule has 0 amide bonds. The molecule has 0 aliphatic heterocycles. The molecule has 0 radical (unpaired) electrons. The van der Waals surface area contributed by atoms with Gasteiger partial charge in [-0.05, 0) is 55.3 Å². The third-order valence-electron chi connectivity index (χ3n) is 3.90. The van der Waals surface area contributed by atoms with E-state index in [-0.39, 0.29) is 0 Å². The maximum absolute atomic E-state index is 5.78. The van der Waals surface area contributed by atoms with E-state index in [2.05, 4.69) is 23.5 Å². The molecule has 0 saturated heterocycles. The van der Waals surface area contributed by atoms with Gasteiger partial charge in [-0.25, -0.2) is 0 Å². The highest BCUT2D eigenvalue weighted by Crippen LogP contribution is 2.33. The Morgan fingerprint density at radius 3 is 2.52 bits per heavy atom. The lowest BCUT2D eigenvalue weighted by Gasteiger charge is -2.12. The van der Waals surface area contributed by atoms with E-state index >= 15 is 0 Å². The van der Waals surface area contributed by atoms with Gasteiger partial charge in [0.2, 0.25) is 0 Å². The molecule has 110 valence electrons. The molecule has 0 aromatic heterocycles. The van der Waals surface area contributed by atoms with Crippen molar-refractivity contribution in [1.29, 1.82) is 0 Å². The molecule has 0 fully saturated rings. The molecular formula is C18H21NO2. The van der Waals surface area contributed by atoms with Crippen LogP contribution in [0.25, 0.3) is 0 Å². The fourth-order valence-electron chi connectivity index (χ4n) is 2.82. The first kappa shape index (κ1) is 14.0. The molecule has 0 bridgehead atoms. The lowest BCUT2D eigenvalue weighted by molar-refractivity contribution is 0.217. The van der Waals surface area contributed by atoms with Crippen LogP contribution in [0.3, 0.4) is 0 Å². The molecule has 0 spiro atoms. The Hall–Kier alpha value is -2.00. The minimum absolute atomic E-state index is 0.496. The van der Waals surface area contributed by atoms with E-state index in [0.717, 1.165) is 17.9 Å². The summed E-state index contributed by atoms with van der Waals surface area (Å²) in [5.41, 5.74) is 2.81. The average Bonchev–Trinajstić information content (AvgIpc) is 2.95. The lowest BCUT2D eigenvalue weighted by Crippen LogP contribution is -2.12. The Morgan fingerprint density at radius 2 is 1.76 bits per heavy atom. The molecule has 1 aliphatic rings. The van der Waals surface area contributed by atoms with Crippen LogP contribution in [0.2, 0.25) is 0 Å². The number of nitrogens with one attached hydrogen (secondary N) is 1. The minimum atomic E-state index is 0.496. The van der Waals surface area contributed by atoms with Crippen LogP contribution in [0.1, 0.15) is 23.6 Å². The van der Waals surface area contributed by atoms with Gasteiger partial charge in [0.15, 0.2) is 0 Å². The number of ether oxygens (including phenoxy) is 2. The molecule has 2 aromatic rings. The Labute approximate surface area is 125 Å². The Morgan fingerprint density at radius 1 is 1.00 bits per heavy atom. The molecule has 21 heavy (non-hydrogen) atoms. The first-order valence-electron chi connectivity index (χ1n) is 7.47. The van der Waals surface area contributed by atoms with E-state index in [1.807, 2.05) is 37.4 Å². The summed E-state index contributed by atoms with van der Waals surface area (Å²) in [6.45, 7) is 1.11. The third-order valence-corrected chi connectivity index (χ3v) is 3.90. The number of fused-ring (bicyclic) bond motifs is 1. The highest BCUT2D eigenvalue weighted by atomic mass is 16.5. The predicted molar refractivity (Wildman–Crippen MR) is 84.0 cm³/mol.